The van der Waals surface area contributed by atoms with Crippen LogP contribution in [0.25, 0.3) is 11.3 Å². The number of aromatic nitrogens is 3. The zero-order valence-corrected chi connectivity index (χ0v) is 21.7. The summed E-state index contributed by atoms with van der Waals surface area (Å²) in [6.07, 6.45) is 5.72. The Morgan fingerprint density at radius 1 is 1.08 bits per heavy atom. The highest BCUT2D eigenvalue weighted by Gasteiger charge is 2.34. The molecule has 2 unspecified atom stereocenters. The number of carbonyl (C=O) groups excluding carboxylic acids is 1. The highest BCUT2D eigenvalue weighted by Crippen LogP contribution is 2.29. The molecule has 1 aliphatic heterocycles. The number of hydrogen-bond acceptors (Lipinski definition) is 7. The quantitative estimate of drug-likeness (QED) is 0.498. The maximum absolute atomic E-state index is 15.3. The molecule has 0 spiro atoms. The van der Waals surface area contributed by atoms with E-state index in [1.165, 1.54) is 17.4 Å². The van der Waals surface area contributed by atoms with Crippen LogP contribution in [-0.4, -0.2) is 74.1 Å². The zero-order valence-electron chi connectivity index (χ0n) is 21.7. The fraction of sp³-hybridized carbons (Fsp3) is 0.379. The van der Waals surface area contributed by atoms with Gasteiger partial charge in [0.05, 0.1) is 23.1 Å². The normalized spacial score (nSPS) is 19.5. The lowest BCUT2D eigenvalue weighted by atomic mass is 10.0. The van der Waals surface area contributed by atoms with Crippen LogP contribution in [0.3, 0.4) is 0 Å². The lowest BCUT2D eigenvalue weighted by Crippen LogP contribution is -2.53. The molecule has 3 N–H and O–H groups in total. The average molecular weight is 533 g/mol. The largest absolute Gasteiger partial charge is 0.391 e. The number of pyridine rings is 1. The fourth-order valence-electron chi connectivity index (χ4n) is 5.33. The van der Waals surface area contributed by atoms with Crippen LogP contribution < -0.4 is 5.73 Å². The van der Waals surface area contributed by atoms with E-state index in [0.29, 0.717) is 55.2 Å². The Morgan fingerprint density at radius 2 is 1.82 bits per heavy atom. The average Bonchev–Trinajstić information content (AvgIpc) is 3.37. The molecular weight excluding hydrogens is 502 g/mol. The number of aryl methyl sites for hydroxylation is 1. The lowest BCUT2D eigenvalue weighted by Gasteiger charge is -2.39. The first-order valence-electron chi connectivity index (χ1n) is 13.1. The van der Waals surface area contributed by atoms with Crippen LogP contribution in [0.15, 0.2) is 36.8 Å². The van der Waals surface area contributed by atoms with Crippen LogP contribution in [0, 0.1) is 23.5 Å². The van der Waals surface area contributed by atoms with Gasteiger partial charge >= 0.3 is 0 Å². The van der Waals surface area contributed by atoms with Gasteiger partial charge in [-0.05, 0) is 49.9 Å². The van der Waals surface area contributed by atoms with Gasteiger partial charge in [-0.2, -0.15) is 0 Å². The molecule has 3 heterocycles. The molecule has 39 heavy (non-hydrogen) atoms. The minimum absolute atomic E-state index is 0.0875. The summed E-state index contributed by atoms with van der Waals surface area (Å²) < 4.78 is 30.7. The third-order valence-corrected chi connectivity index (χ3v) is 7.42. The third-order valence-electron chi connectivity index (χ3n) is 7.42. The maximum Gasteiger partial charge on any atom is 0.259 e. The highest BCUT2D eigenvalue weighted by atomic mass is 19.1. The molecule has 202 valence electrons. The molecule has 0 radical (unpaired) electrons. The summed E-state index contributed by atoms with van der Waals surface area (Å²) in [7, 11) is 0. The number of carbonyl (C=O) groups is 1. The SMILES string of the molecule is CCc1ncnc(-c2cc(F)c(C(=O)N3CCN(C4CCCC4O)CC3)c(F)c2)c1C#Cc1ccc(N)nc1. The van der Waals surface area contributed by atoms with E-state index in [2.05, 4.69) is 31.7 Å². The number of piperazine rings is 1. The Morgan fingerprint density at radius 3 is 2.44 bits per heavy atom. The van der Waals surface area contributed by atoms with Crippen molar-refractivity contribution in [2.75, 3.05) is 31.9 Å². The monoisotopic (exact) mass is 532 g/mol. The van der Waals surface area contributed by atoms with E-state index < -0.39 is 23.1 Å². The third kappa shape index (κ3) is 5.60. The van der Waals surface area contributed by atoms with Gasteiger partial charge in [-0.25, -0.2) is 23.7 Å². The number of nitrogens with two attached hydrogens (primary N) is 1. The Hall–Kier alpha value is -3.94. The van der Waals surface area contributed by atoms with Gasteiger partial charge in [0.15, 0.2) is 0 Å². The summed E-state index contributed by atoms with van der Waals surface area (Å²) in [4.78, 5) is 29.4. The Bertz CT molecular complexity index is 1400. The van der Waals surface area contributed by atoms with Crippen molar-refractivity contribution in [1.29, 1.82) is 0 Å². The lowest BCUT2D eigenvalue weighted by molar-refractivity contribution is 0.0311. The van der Waals surface area contributed by atoms with Crippen LogP contribution in [0.2, 0.25) is 0 Å². The summed E-state index contributed by atoms with van der Waals surface area (Å²) in [5, 5.41) is 10.2. The molecule has 1 saturated carbocycles. The van der Waals surface area contributed by atoms with Gasteiger partial charge in [-0.1, -0.05) is 18.8 Å². The molecule has 3 aromatic rings. The molecule has 2 fully saturated rings. The van der Waals surface area contributed by atoms with Crippen molar-refractivity contribution in [1.82, 2.24) is 24.8 Å². The molecule has 1 saturated heterocycles. The summed E-state index contributed by atoms with van der Waals surface area (Å²) in [5.74, 6) is 3.78. The number of aliphatic hydroxyl groups excluding tert-OH is 1. The molecule has 0 bridgehead atoms. The number of anilines is 1. The Labute approximate surface area is 225 Å². The Balaban J connectivity index is 1.40. The molecule has 2 atom stereocenters. The molecule has 5 rings (SSSR count). The molecule has 1 aromatic carbocycles. The number of nitrogen functional groups attached to an aromatic ring is 1. The topological polar surface area (TPSA) is 108 Å². The van der Waals surface area contributed by atoms with E-state index in [-0.39, 0.29) is 23.4 Å². The van der Waals surface area contributed by atoms with E-state index in [9.17, 15) is 9.90 Å². The van der Waals surface area contributed by atoms with Gasteiger partial charge in [0.25, 0.3) is 5.91 Å². The zero-order chi connectivity index (χ0) is 27.5. The van der Waals surface area contributed by atoms with E-state index in [0.717, 1.165) is 31.4 Å². The van der Waals surface area contributed by atoms with E-state index in [4.69, 9.17) is 5.73 Å². The predicted molar refractivity (Wildman–Crippen MR) is 143 cm³/mol. The molecular formula is C29H30F2N6O2. The van der Waals surface area contributed by atoms with Crippen LogP contribution in [-0.2, 0) is 6.42 Å². The van der Waals surface area contributed by atoms with E-state index in [1.54, 1.807) is 12.1 Å². The number of rotatable bonds is 4. The number of amides is 1. The summed E-state index contributed by atoms with van der Waals surface area (Å²) in [5.41, 5.74) is 7.18. The van der Waals surface area contributed by atoms with Gasteiger partial charge in [0.1, 0.15) is 29.3 Å². The maximum atomic E-state index is 15.3. The number of hydrogen-bond donors (Lipinski definition) is 2. The van der Waals surface area contributed by atoms with Crippen molar-refractivity contribution in [2.45, 2.75) is 44.8 Å². The van der Waals surface area contributed by atoms with Gasteiger partial charge in [0, 0.05) is 49.5 Å². The second kappa shape index (κ2) is 11.4. The first-order chi connectivity index (χ1) is 18.9. The molecule has 2 aromatic heterocycles. The molecule has 8 nitrogen and oxygen atoms in total. The first kappa shape index (κ1) is 26.7. The van der Waals surface area contributed by atoms with Crippen LogP contribution in [0.1, 0.15) is 53.4 Å². The first-order valence-corrected chi connectivity index (χ1v) is 13.1. The van der Waals surface area contributed by atoms with E-state index in [1.807, 2.05) is 6.92 Å². The Kier molecular flexibility index (Phi) is 7.82. The van der Waals surface area contributed by atoms with Gasteiger partial charge in [0.2, 0.25) is 0 Å². The smallest absolute Gasteiger partial charge is 0.259 e. The van der Waals surface area contributed by atoms with E-state index >= 15 is 8.78 Å². The summed E-state index contributed by atoms with van der Waals surface area (Å²) in [6, 6.07) is 5.69. The van der Waals surface area contributed by atoms with Crippen LogP contribution in [0.5, 0.6) is 0 Å². The van der Waals surface area contributed by atoms with Crippen molar-refractivity contribution in [2.24, 2.45) is 0 Å². The summed E-state index contributed by atoms with van der Waals surface area (Å²) in [6.45, 7) is 3.70. The van der Waals surface area contributed by atoms with Gasteiger partial charge in [-0.15, -0.1) is 0 Å². The molecule has 1 amide bonds. The van der Waals surface area contributed by atoms with Crippen molar-refractivity contribution >= 4 is 11.7 Å². The van der Waals surface area contributed by atoms with Crippen molar-refractivity contribution in [3.63, 3.8) is 0 Å². The minimum atomic E-state index is -0.957. The minimum Gasteiger partial charge on any atom is -0.391 e. The standard InChI is InChI=1S/C29H30F2N6O2/c1-2-23-20(8-6-18-7-9-26(32)33-16-18)28(35-17-34-23)19-14-21(30)27(22(31)15-19)29(39)37-12-10-36(11-13-37)24-4-3-5-25(24)38/h7,9,14-17,24-25,38H,2-5,10-13H2,1H3,(H2,32,33). The molecule has 1 aliphatic carbocycles. The highest BCUT2D eigenvalue weighted by molar-refractivity contribution is 5.95. The predicted octanol–water partition coefficient (Wildman–Crippen LogP) is 3.03. The molecule has 10 heteroatoms. The van der Waals surface area contributed by atoms with Crippen molar-refractivity contribution in [3.05, 3.63) is 70.8 Å². The van der Waals surface area contributed by atoms with Gasteiger partial charge < -0.3 is 15.7 Å². The molecule has 2 aliphatic rings. The number of nitrogens with zero attached hydrogens (tertiary/aromatic N) is 5. The fourth-order valence-corrected chi connectivity index (χ4v) is 5.33. The summed E-state index contributed by atoms with van der Waals surface area (Å²) >= 11 is 0. The second-order valence-corrected chi connectivity index (χ2v) is 9.83. The van der Waals surface area contributed by atoms with Crippen molar-refractivity contribution in [3.8, 4) is 23.1 Å². The van der Waals surface area contributed by atoms with Gasteiger partial charge in [-0.3, -0.25) is 9.69 Å². The van der Waals surface area contributed by atoms with Crippen LogP contribution in [0.4, 0.5) is 14.6 Å². The van der Waals surface area contributed by atoms with Crippen molar-refractivity contribution < 1.29 is 18.7 Å². The van der Waals surface area contributed by atoms with Crippen LogP contribution >= 0.6 is 0 Å². The number of benzene rings is 1. The number of aliphatic hydroxyl groups is 1. The number of halogens is 2. The second-order valence-electron chi connectivity index (χ2n) is 9.83.